The van der Waals surface area contributed by atoms with Crippen LogP contribution >= 0.6 is 11.6 Å². The molecule has 0 saturated carbocycles. The van der Waals surface area contributed by atoms with Crippen LogP contribution in [0.2, 0.25) is 5.02 Å². The average Bonchev–Trinajstić information content (AvgIpc) is 3.09. The summed E-state index contributed by atoms with van der Waals surface area (Å²) >= 11 is 5.90. The number of piperazine rings is 1. The van der Waals surface area contributed by atoms with Crippen LogP contribution in [0, 0.1) is 12.8 Å². The van der Waals surface area contributed by atoms with E-state index in [1.54, 1.807) is 35.2 Å². The van der Waals surface area contributed by atoms with E-state index in [0.717, 1.165) is 12.1 Å². The minimum atomic E-state index is -0.519. The Balaban J connectivity index is 1.64. The number of carbonyl (C=O) groups is 3. The van der Waals surface area contributed by atoms with Gasteiger partial charge in [0.2, 0.25) is 0 Å². The molecule has 8 heteroatoms. The maximum Gasteiger partial charge on any atom is 0.253 e. The summed E-state index contributed by atoms with van der Waals surface area (Å²) in [6, 6.07) is 8.50. The van der Waals surface area contributed by atoms with Gasteiger partial charge in [-0.2, -0.15) is 0 Å². The minimum absolute atomic E-state index is 0.0306. The molecule has 2 N–H and O–H groups in total. The largest absolute Gasteiger partial charge is 0.366 e. The highest BCUT2D eigenvalue weighted by Crippen LogP contribution is 2.19. The molecule has 2 aromatic rings. The lowest BCUT2D eigenvalue weighted by molar-refractivity contribution is 0.0623. The molecule has 172 valence electrons. The quantitative estimate of drug-likeness (QED) is 0.615. The molecule has 0 spiro atoms. The van der Waals surface area contributed by atoms with E-state index >= 15 is 0 Å². The first-order chi connectivity index (χ1) is 15.2. The molecule has 1 aromatic heterocycles. The summed E-state index contributed by atoms with van der Waals surface area (Å²) in [6.07, 6.45) is 0.902. The first-order valence-electron chi connectivity index (χ1n) is 11.0. The van der Waals surface area contributed by atoms with Crippen molar-refractivity contribution in [3.05, 3.63) is 57.9 Å². The summed E-state index contributed by atoms with van der Waals surface area (Å²) in [5.41, 5.74) is 7.79. The Hall–Kier alpha value is -2.64. The van der Waals surface area contributed by atoms with Gasteiger partial charge in [-0.25, -0.2) is 0 Å². The van der Waals surface area contributed by atoms with Crippen molar-refractivity contribution in [3.63, 3.8) is 0 Å². The SMILES string of the molecule is Cc1c(C(N)=O)cc(C(=O)CN2CCN(C(=O)c3ccc(Cl)cc3)CC2)n1CCC(C)C. The number of carbonyl (C=O) groups excluding carboxylic acids is 3. The fourth-order valence-corrected chi connectivity index (χ4v) is 4.10. The van der Waals surface area contributed by atoms with Crippen molar-refractivity contribution in [1.29, 1.82) is 0 Å². The van der Waals surface area contributed by atoms with Crippen LogP contribution in [0.15, 0.2) is 30.3 Å². The third kappa shape index (κ3) is 5.58. The predicted molar refractivity (Wildman–Crippen MR) is 125 cm³/mol. The van der Waals surface area contributed by atoms with Gasteiger partial charge in [-0.1, -0.05) is 25.4 Å². The minimum Gasteiger partial charge on any atom is -0.366 e. The predicted octanol–water partition coefficient (Wildman–Crippen LogP) is 3.24. The van der Waals surface area contributed by atoms with Gasteiger partial charge in [0.15, 0.2) is 5.78 Å². The number of hydrogen-bond donors (Lipinski definition) is 1. The van der Waals surface area contributed by atoms with Gasteiger partial charge in [0.05, 0.1) is 17.8 Å². The molecule has 0 atom stereocenters. The van der Waals surface area contributed by atoms with Crippen molar-refractivity contribution >= 4 is 29.2 Å². The molecular weight excluding hydrogens is 428 g/mol. The first-order valence-corrected chi connectivity index (χ1v) is 11.4. The Bertz CT molecular complexity index is 989. The zero-order chi connectivity index (χ0) is 23.4. The number of ketones is 1. The Morgan fingerprint density at radius 1 is 1.06 bits per heavy atom. The van der Waals surface area contributed by atoms with Crippen molar-refractivity contribution < 1.29 is 14.4 Å². The van der Waals surface area contributed by atoms with Crippen LogP contribution in [0.4, 0.5) is 0 Å². The lowest BCUT2D eigenvalue weighted by atomic mass is 10.1. The fourth-order valence-electron chi connectivity index (χ4n) is 3.97. The molecular formula is C24H31ClN4O3. The Kier molecular flexibility index (Phi) is 7.74. The highest BCUT2D eigenvalue weighted by Gasteiger charge is 2.26. The molecule has 0 bridgehead atoms. The normalized spacial score (nSPS) is 14.7. The molecule has 7 nitrogen and oxygen atoms in total. The van der Waals surface area contributed by atoms with Crippen LogP contribution in [-0.2, 0) is 6.54 Å². The van der Waals surface area contributed by atoms with E-state index in [1.807, 2.05) is 16.4 Å². The van der Waals surface area contributed by atoms with Crippen LogP contribution in [0.1, 0.15) is 57.2 Å². The summed E-state index contributed by atoms with van der Waals surface area (Å²) < 4.78 is 1.92. The second-order valence-electron chi connectivity index (χ2n) is 8.73. The highest BCUT2D eigenvalue weighted by molar-refractivity contribution is 6.30. The Morgan fingerprint density at radius 2 is 1.69 bits per heavy atom. The van der Waals surface area contributed by atoms with Gasteiger partial charge in [-0.15, -0.1) is 0 Å². The number of aromatic nitrogens is 1. The number of amides is 2. The number of rotatable bonds is 8. The highest BCUT2D eigenvalue weighted by atomic mass is 35.5. The second-order valence-corrected chi connectivity index (χ2v) is 9.16. The molecule has 1 aromatic carbocycles. The molecule has 2 heterocycles. The summed E-state index contributed by atoms with van der Waals surface area (Å²) in [7, 11) is 0. The maximum atomic E-state index is 13.1. The van der Waals surface area contributed by atoms with Crippen molar-refractivity contribution in [2.45, 2.75) is 33.7 Å². The van der Waals surface area contributed by atoms with Crippen LogP contribution in [0.25, 0.3) is 0 Å². The summed E-state index contributed by atoms with van der Waals surface area (Å²) in [4.78, 5) is 41.5. The molecule has 0 unspecified atom stereocenters. The first kappa shape index (κ1) is 24.0. The van der Waals surface area contributed by atoms with Crippen molar-refractivity contribution in [2.24, 2.45) is 11.7 Å². The topological polar surface area (TPSA) is 88.6 Å². The number of halogens is 1. The molecule has 1 fully saturated rings. The number of primary amides is 1. The Morgan fingerprint density at radius 3 is 2.25 bits per heavy atom. The van der Waals surface area contributed by atoms with Gasteiger partial charge in [0.1, 0.15) is 0 Å². The monoisotopic (exact) mass is 458 g/mol. The van der Waals surface area contributed by atoms with Gasteiger partial charge >= 0.3 is 0 Å². The number of nitrogens with two attached hydrogens (primary N) is 1. The fraction of sp³-hybridized carbons (Fsp3) is 0.458. The molecule has 3 rings (SSSR count). The molecule has 1 aliphatic rings. The number of benzene rings is 1. The van der Waals surface area contributed by atoms with E-state index in [2.05, 4.69) is 13.8 Å². The Labute approximate surface area is 194 Å². The maximum absolute atomic E-state index is 13.1. The molecule has 1 aliphatic heterocycles. The zero-order valence-corrected chi connectivity index (χ0v) is 19.7. The van der Waals surface area contributed by atoms with E-state index in [1.165, 1.54) is 0 Å². The van der Waals surface area contributed by atoms with E-state index in [9.17, 15) is 14.4 Å². The van der Waals surface area contributed by atoms with Gasteiger partial charge in [-0.05, 0) is 49.6 Å². The van der Waals surface area contributed by atoms with Gasteiger partial charge in [-0.3, -0.25) is 19.3 Å². The molecule has 1 saturated heterocycles. The van der Waals surface area contributed by atoms with Crippen LogP contribution < -0.4 is 5.73 Å². The lowest BCUT2D eigenvalue weighted by Gasteiger charge is -2.34. The second kappa shape index (κ2) is 10.3. The van der Waals surface area contributed by atoms with Gasteiger partial charge in [0, 0.05) is 49.0 Å². The zero-order valence-electron chi connectivity index (χ0n) is 18.9. The van der Waals surface area contributed by atoms with Crippen molar-refractivity contribution in [3.8, 4) is 0 Å². The van der Waals surface area contributed by atoms with Crippen molar-refractivity contribution in [1.82, 2.24) is 14.4 Å². The van der Waals surface area contributed by atoms with Crippen LogP contribution in [0.5, 0.6) is 0 Å². The summed E-state index contributed by atoms with van der Waals surface area (Å²) in [6.45, 7) is 9.31. The van der Waals surface area contributed by atoms with E-state index in [0.29, 0.717) is 60.5 Å². The molecule has 2 amide bonds. The molecule has 0 aliphatic carbocycles. The van der Waals surface area contributed by atoms with E-state index < -0.39 is 5.91 Å². The molecule has 0 radical (unpaired) electrons. The third-order valence-corrected chi connectivity index (χ3v) is 6.22. The van der Waals surface area contributed by atoms with Crippen LogP contribution in [-0.4, -0.2) is 64.7 Å². The average molecular weight is 459 g/mol. The van der Waals surface area contributed by atoms with Crippen molar-refractivity contribution in [2.75, 3.05) is 32.7 Å². The third-order valence-electron chi connectivity index (χ3n) is 5.97. The van der Waals surface area contributed by atoms with Gasteiger partial charge < -0.3 is 15.2 Å². The summed E-state index contributed by atoms with van der Waals surface area (Å²) in [5.74, 6) is -0.115. The lowest BCUT2D eigenvalue weighted by Crippen LogP contribution is -2.50. The van der Waals surface area contributed by atoms with Crippen LogP contribution in [0.3, 0.4) is 0 Å². The molecule has 32 heavy (non-hydrogen) atoms. The number of hydrogen-bond acceptors (Lipinski definition) is 4. The number of Topliss-reactive ketones (excluding diaryl/α,β-unsaturated/α-hetero) is 1. The van der Waals surface area contributed by atoms with E-state index in [4.69, 9.17) is 17.3 Å². The standard InChI is InChI=1S/C24H31ClN4O3/c1-16(2)8-9-29-17(3)20(23(26)31)14-21(29)22(30)15-27-10-12-28(13-11-27)24(32)18-4-6-19(25)7-5-18/h4-7,14,16H,8-13,15H2,1-3H3,(H2,26,31). The number of nitrogens with zero attached hydrogens (tertiary/aromatic N) is 3. The van der Waals surface area contributed by atoms with Gasteiger partial charge in [0.25, 0.3) is 11.8 Å². The van der Waals surface area contributed by atoms with E-state index in [-0.39, 0.29) is 18.2 Å². The summed E-state index contributed by atoms with van der Waals surface area (Å²) in [5, 5.41) is 0.595. The smallest absolute Gasteiger partial charge is 0.253 e.